The van der Waals surface area contributed by atoms with Gasteiger partial charge in [-0.25, -0.2) is 0 Å². The number of anilines is 1. The molecule has 0 radical (unpaired) electrons. The first kappa shape index (κ1) is 14.7. The summed E-state index contributed by atoms with van der Waals surface area (Å²) < 4.78 is 5.45. The number of ether oxygens (including phenoxy) is 1. The van der Waals surface area contributed by atoms with Gasteiger partial charge in [-0.3, -0.25) is 0 Å². The number of nitrogens with one attached hydrogen (secondary N) is 1. The minimum atomic E-state index is 0.104. The molecule has 0 saturated heterocycles. The topological polar surface area (TPSA) is 41.5 Å². The highest BCUT2D eigenvalue weighted by Gasteiger charge is 2.03. The number of rotatable bonds is 6. The van der Waals surface area contributed by atoms with Crippen molar-refractivity contribution in [3.05, 3.63) is 58.6 Å². The van der Waals surface area contributed by atoms with Crippen LogP contribution >= 0.6 is 11.6 Å². The van der Waals surface area contributed by atoms with Crippen LogP contribution in [0.2, 0.25) is 5.02 Å². The summed E-state index contributed by atoms with van der Waals surface area (Å²) in [6, 6.07) is 13.3. The van der Waals surface area contributed by atoms with Crippen molar-refractivity contribution < 1.29 is 9.84 Å². The van der Waals surface area contributed by atoms with Crippen LogP contribution < -0.4 is 5.32 Å². The van der Waals surface area contributed by atoms with Crippen molar-refractivity contribution >= 4 is 17.3 Å². The fourth-order valence-electron chi connectivity index (χ4n) is 1.89. The molecular weight excluding hydrogens is 274 g/mol. The molecule has 0 aliphatic heterocycles. The molecule has 3 nitrogen and oxygen atoms in total. The van der Waals surface area contributed by atoms with Crippen molar-refractivity contribution in [3.63, 3.8) is 0 Å². The molecule has 2 N–H and O–H groups in total. The Balaban J connectivity index is 2.04. The maximum Gasteiger partial charge on any atom is 0.134 e. The van der Waals surface area contributed by atoms with E-state index in [2.05, 4.69) is 5.32 Å². The van der Waals surface area contributed by atoms with E-state index < -0.39 is 0 Å². The summed E-state index contributed by atoms with van der Waals surface area (Å²) in [5, 5.41) is 13.1. The summed E-state index contributed by atoms with van der Waals surface area (Å²) in [7, 11) is 0. The summed E-state index contributed by atoms with van der Waals surface area (Å²) in [5.41, 5.74) is 3.18. The molecule has 0 bridgehead atoms. The molecule has 0 saturated carbocycles. The lowest BCUT2D eigenvalue weighted by Crippen LogP contribution is -2.03. The average molecular weight is 292 g/mol. The maximum atomic E-state index is 9.40. The fraction of sp³-hybridized carbons (Fsp3) is 0.250. The van der Waals surface area contributed by atoms with E-state index in [9.17, 15) is 5.11 Å². The lowest BCUT2D eigenvalue weighted by atomic mass is 10.1. The standard InChI is InChI=1S/C16H18ClNO2/c1-2-20-11-13-5-3-4-6-15(13)18-10-12-7-8-16(19)14(17)9-12/h3-9,18-19H,2,10-11H2,1H3. The molecule has 0 amide bonds. The number of halogens is 1. The van der Waals surface area contributed by atoms with Crippen LogP contribution in [0, 0.1) is 0 Å². The Kier molecular flexibility index (Phi) is 5.27. The van der Waals surface area contributed by atoms with Gasteiger partial charge in [0.05, 0.1) is 11.6 Å². The first-order valence-electron chi connectivity index (χ1n) is 6.57. The number of benzene rings is 2. The van der Waals surface area contributed by atoms with Gasteiger partial charge in [0.2, 0.25) is 0 Å². The third kappa shape index (κ3) is 3.89. The molecule has 0 heterocycles. The number of phenolic OH excluding ortho intramolecular Hbond substituents is 1. The van der Waals surface area contributed by atoms with Crippen LogP contribution in [0.3, 0.4) is 0 Å². The van der Waals surface area contributed by atoms with Crippen molar-refractivity contribution in [2.24, 2.45) is 0 Å². The van der Waals surface area contributed by atoms with E-state index in [-0.39, 0.29) is 5.75 Å². The second-order valence-corrected chi connectivity index (χ2v) is 4.84. The minimum absolute atomic E-state index is 0.104. The molecule has 2 rings (SSSR count). The fourth-order valence-corrected chi connectivity index (χ4v) is 2.09. The van der Waals surface area contributed by atoms with Gasteiger partial charge in [-0.05, 0) is 30.7 Å². The Hall–Kier alpha value is -1.71. The summed E-state index contributed by atoms with van der Waals surface area (Å²) >= 11 is 5.90. The van der Waals surface area contributed by atoms with E-state index in [0.29, 0.717) is 24.8 Å². The van der Waals surface area contributed by atoms with Crippen LogP contribution in [0.25, 0.3) is 0 Å². The first-order valence-corrected chi connectivity index (χ1v) is 6.95. The highest BCUT2D eigenvalue weighted by Crippen LogP contribution is 2.24. The van der Waals surface area contributed by atoms with Crippen molar-refractivity contribution in [3.8, 4) is 5.75 Å². The van der Waals surface area contributed by atoms with E-state index in [4.69, 9.17) is 16.3 Å². The normalized spacial score (nSPS) is 10.5. The highest BCUT2D eigenvalue weighted by atomic mass is 35.5. The van der Waals surface area contributed by atoms with Crippen LogP contribution in [0.5, 0.6) is 5.75 Å². The monoisotopic (exact) mass is 291 g/mol. The maximum absolute atomic E-state index is 9.40. The molecule has 0 fully saturated rings. The molecule has 0 unspecified atom stereocenters. The molecular formula is C16H18ClNO2. The van der Waals surface area contributed by atoms with Crippen molar-refractivity contribution in [1.29, 1.82) is 0 Å². The predicted octanol–water partition coefficient (Wildman–Crippen LogP) is 4.19. The second kappa shape index (κ2) is 7.17. The van der Waals surface area contributed by atoms with Gasteiger partial charge >= 0.3 is 0 Å². The van der Waals surface area contributed by atoms with Gasteiger partial charge in [0, 0.05) is 24.4 Å². The molecule has 0 atom stereocenters. The van der Waals surface area contributed by atoms with Crippen molar-refractivity contribution in [2.75, 3.05) is 11.9 Å². The van der Waals surface area contributed by atoms with Crippen LogP contribution in [0.4, 0.5) is 5.69 Å². The highest BCUT2D eigenvalue weighted by molar-refractivity contribution is 6.32. The predicted molar refractivity (Wildman–Crippen MR) is 82.2 cm³/mol. The van der Waals surface area contributed by atoms with Gasteiger partial charge in [0.1, 0.15) is 5.75 Å². The van der Waals surface area contributed by atoms with Crippen LogP contribution in [0.1, 0.15) is 18.1 Å². The van der Waals surface area contributed by atoms with E-state index in [1.54, 1.807) is 12.1 Å². The van der Waals surface area contributed by atoms with Crippen molar-refractivity contribution in [2.45, 2.75) is 20.1 Å². The van der Waals surface area contributed by atoms with Crippen molar-refractivity contribution in [1.82, 2.24) is 0 Å². The van der Waals surface area contributed by atoms with Gasteiger partial charge in [-0.15, -0.1) is 0 Å². The number of hydrogen-bond acceptors (Lipinski definition) is 3. The molecule has 4 heteroatoms. The van der Waals surface area contributed by atoms with E-state index in [0.717, 1.165) is 16.8 Å². The van der Waals surface area contributed by atoms with E-state index in [1.807, 2.05) is 37.3 Å². The Morgan fingerprint density at radius 2 is 2.00 bits per heavy atom. The summed E-state index contributed by atoms with van der Waals surface area (Å²) in [6.45, 7) is 3.91. The third-order valence-corrected chi connectivity index (χ3v) is 3.28. The number of hydrogen-bond donors (Lipinski definition) is 2. The Morgan fingerprint density at radius 3 is 2.75 bits per heavy atom. The zero-order valence-corrected chi connectivity index (χ0v) is 12.2. The van der Waals surface area contributed by atoms with Gasteiger partial charge < -0.3 is 15.2 Å². The minimum Gasteiger partial charge on any atom is -0.506 e. The molecule has 20 heavy (non-hydrogen) atoms. The zero-order chi connectivity index (χ0) is 14.4. The molecule has 0 aliphatic carbocycles. The molecule has 0 spiro atoms. The van der Waals surface area contributed by atoms with E-state index >= 15 is 0 Å². The zero-order valence-electron chi connectivity index (χ0n) is 11.4. The van der Waals surface area contributed by atoms with Crippen LogP contribution in [-0.2, 0) is 17.9 Å². The Bertz CT molecular complexity index is 572. The lowest BCUT2D eigenvalue weighted by molar-refractivity contribution is 0.134. The largest absolute Gasteiger partial charge is 0.506 e. The number of para-hydroxylation sites is 1. The van der Waals surface area contributed by atoms with Gasteiger partial charge in [0.15, 0.2) is 0 Å². The quantitative estimate of drug-likeness (QED) is 0.838. The number of aromatic hydroxyl groups is 1. The Labute approximate surface area is 124 Å². The number of phenols is 1. The summed E-state index contributed by atoms with van der Waals surface area (Å²) in [5.74, 6) is 0.104. The molecule has 2 aromatic carbocycles. The van der Waals surface area contributed by atoms with Gasteiger partial charge in [-0.2, -0.15) is 0 Å². The summed E-state index contributed by atoms with van der Waals surface area (Å²) in [6.07, 6.45) is 0. The van der Waals surface area contributed by atoms with Gasteiger partial charge in [-0.1, -0.05) is 35.9 Å². The first-order chi connectivity index (χ1) is 9.70. The smallest absolute Gasteiger partial charge is 0.134 e. The second-order valence-electron chi connectivity index (χ2n) is 4.43. The molecule has 0 aromatic heterocycles. The Morgan fingerprint density at radius 1 is 1.20 bits per heavy atom. The van der Waals surface area contributed by atoms with Gasteiger partial charge in [0.25, 0.3) is 0 Å². The lowest BCUT2D eigenvalue weighted by Gasteiger charge is -2.12. The molecule has 106 valence electrons. The third-order valence-electron chi connectivity index (χ3n) is 2.97. The van der Waals surface area contributed by atoms with E-state index in [1.165, 1.54) is 0 Å². The van der Waals surface area contributed by atoms with Crippen LogP contribution in [-0.4, -0.2) is 11.7 Å². The summed E-state index contributed by atoms with van der Waals surface area (Å²) in [4.78, 5) is 0. The molecule has 2 aromatic rings. The SMILES string of the molecule is CCOCc1ccccc1NCc1ccc(O)c(Cl)c1. The molecule has 0 aliphatic rings. The average Bonchev–Trinajstić information content (AvgIpc) is 2.47. The van der Waals surface area contributed by atoms with Crippen LogP contribution in [0.15, 0.2) is 42.5 Å².